The average molecular weight is 1240 g/mol. The zero-order valence-corrected chi connectivity index (χ0v) is 40.7. The highest BCUT2D eigenvalue weighted by Gasteiger charge is 2.52. The van der Waals surface area contributed by atoms with E-state index in [-0.39, 0.29) is 11.9 Å². The Kier molecular flexibility index (Phi) is 16.4. The zero-order valence-electron chi connectivity index (χ0n) is 36.9. The first-order chi connectivity index (χ1) is 35.7. The Morgan fingerprint density at radius 3 is 0.763 bits per heavy atom. The van der Waals surface area contributed by atoms with E-state index in [1.54, 1.807) is 36.4 Å². The van der Waals surface area contributed by atoms with Gasteiger partial charge in [-0.25, -0.2) is 97.4 Å². The molecule has 0 spiro atoms. The van der Waals surface area contributed by atoms with Crippen LogP contribution in [0.1, 0.15) is 30.5 Å². The molecule has 0 atom stereocenters. The van der Waals surface area contributed by atoms with Crippen LogP contribution in [0.15, 0.2) is 72.8 Å². The summed E-state index contributed by atoms with van der Waals surface area (Å²) >= 11 is 2.40. The minimum Gasteiger partial charge on any atom is -0.422 e. The van der Waals surface area contributed by atoms with E-state index in [1.807, 2.05) is 50.2 Å². The quantitative estimate of drug-likeness (QED) is 0.0262. The van der Waals surface area contributed by atoms with Gasteiger partial charge in [0.05, 0.1) is 0 Å². The van der Waals surface area contributed by atoms with E-state index in [9.17, 15) is 62.3 Å². The van der Waals surface area contributed by atoms with E-state index in [0.717, 1.165) is 16.9 Å². The molecule has 8 aromatic rings. The van der Waals surface area contributed by atoms with Crippen molar-refractivity contribution in [3.63, 3.8) is 0 Å². The Bertz CT molecular complexity index is 3170. The number of halogens is 21. The second-order valence-electron chi connectivity index (χ2n) is 15.5. The maximum Gasteiger partial charge on any atom is 0.381 e. The number of carbonyl (C=O) groups excluding carboxylic acids is 2. The summed E-state index contributed by atoms with van der Waals surface area (Å²) in [6, 6.07) is 22.3. The second-order valence-corrected chi connectivity index (χ2v) is 22.0. The summed E-state index contributed by atoms with van der Waals surface area (Å²) in [7, 11) is 0. The minimum atomic E-state index is -7.22. The van der Waals surface area contributed by atoms with Crippen molar-refractivity contribution in [1.82, 2.24) is 0 Å². The Labute approximate surface area is 429 Å². The van der Waals surface area contributed by atoms with Crippen LogP contribution >= 0.6 is 22.7 Å². The fourth-order valence-corrected chi connectivity index (χ4v) is 13.5. The van der Waals surface area contributed by atoms with E-state index in [4.69, 9.17) is 9.47 Å². The Hall–Kier alpha value is -6.95. The van der Waals surface area contributed by atoms with Crippen LogP contribution in [0.4, 0.5) is 87.8 Å². The molecule has 0 fully saturated rings. The summed E-state index contributed by atoms with van der Waals surface area (Å²) < 4.78 is 307. The van der Waals surface area contributed by atoms with E-state index in [1.165, 1.54) is 22.7 Å². The molecule has 0 aliphatic carbocycles. The summed E-state index contributed by atoms with van der Waals surface area (Å²) in [4.78, 5) is 25.9. The van der Waals surface area contributed by atoms with Gasteiger partial charge in [-0.05, 0) is 50.2 Å². The number of ether oxygens (including phenoxy) is 2. The minimum absolute atomic E-state index is 0.349. The Morgan fingerprint density at radius 1 is 0.329 bits per heavy atom. The second kappa shape index (κ2) is 22.0. The molecule has 0 bridgehead atoms. The molecule has 0 amide bonds. The molecule has 8 rings (SSSR count). The molecule has 0 N–H and O–H groups in total. The molecule has 0 saturated heterocycles. The van der Waals surface area contributed by atoms with Gasteiger partial charge in [-0.15, -0.1) is 21.9 Å². The molecule has 0 aliphatic heterocycles. The molecule has 396 valence electrons. The van der Waals surface area contributed by atoms with Crippen LogP contribution in [0.25, 0.3) is 0 Å². The third kappa shape index (κ3) is 10.00. The van der Waals surface area contributed by atoms with E-state index in [0.29, 0.717) is 21.3 Å². The molecule has 2 aromatic heterocycles. The van der Waals surface area contributed by atoms with Gasteiger partial charge in [0.15, 0.2) is 69.8 Å². The SMILES string of the molecule is Cc1ccc(OC(=O)c2ccc([I+]c3ccc(C(=O)Oc4ccc(C)cc4)s3)s2)cc1.Fc1c(F)c(F)c([B-](c2c(F)c(F)c(F)c(F)c2F)(c2c(F)c(F)c(F)c(F)c2F)c2c(F)c(F)c(F)c(F)c2F)c(F)c1F. The number of hydrogen-bond donors (Lipinski definition) is 0. The van der Waals surface area contributed by atoms with Gasteiger partial charge in [0, 0.05) is 12.1 Å². The number of carbonyl (C=O) groups is 2. The first kappa shape index (κ1) is 56.8. The fraction of sp³-hybridized carbons (Fsp3) is 0.0417. The van der Waals surface area contributed by atoms with Gasteiger partial charge in [0.2, 0.25) is 5.77 Å². The van der Waals surface area contributed by atoms with Crippen LogP contribution < -0.4 is 52.5 Å². The summed E-state index contributed by atoms with van der Waals surface area (Å²) in [6.45, 7) is 3.97. The summed E-state index contributed by atoms with van der Waals surface area (Å²) in [6.07, 6.45) is -7.22. The van der Waals surface area contributed by atoms with Crippen molar-refractivity contribution in [3.05, 3.63) is 216 Å². The lowest BCUT2D eigenvalue weighted by Gasteiger charge is -2.44. The first-order valence-corrected chi connectivity index (χ1v) is 24.1. The predicted molar refractivity (Wildman–Crippen MR) is 228 cm³/mol. The highest BCUT2D eigenvalue weighted by atomic mass is 127. The molecular weight excluding hydrogens is 1220 g/mol. The van der Waals surface area contributed by atoms with Crippen LogP contribution in [0, 0.1) is 136 Å². The maximum atomic E-state index is 15.4. The third-order valence-electron chi connectivity index (χ3n) is 10.9. The van der Waals surface area contributed by atoms with Gasteiger partial charge < -0.3 is 9.47 Å². The van der Waals surface area contributed by atoms with Gasteiger partial charge in [-0.2, -0.15) is 0 Å². The van der Waals surface area contributed by atoms with Crippen molar-refractivity contribution in [3.8, 4) is 11.5 Å². The lowest BCUT2D eigenvalue weighted by atomic mass is 9.12. The molecule has 0 aliphatic rings. The highest BCUT2D eigenvalue weighted by molar-refractivity contribution is 7.20. The van der Waals surface area contributed by atoms with Crippen molar-refractivity contribution in [1.29, 1.82) is 0 Å². The molecule has 2 heterocycles. The molecule has 6 aromatic carbocycles. The Balaban J connectivity index is 0.000000236. The van der Waals surface area contributed by atoms with Gasteiger partial charge in [-0.1, -0.05) is 58.1 Å². The fourth-order valence-electron chi connectivity index (χ4n) is 7.44. The van der Waals surface area contributed by atoms with Crippen LogP contribution in [0.5, 0.6) is 11.5 Å². The highest BCUT2D eigenvalue weighted by Crippen LogP contribution is 2.31. The van der Waals surface area contributed by atoms with E-state index < -0.39 is 166 Å². The van der Waals surface area contributed by atoms with E-state index in [2.05, 4.69) is 0 Å². The number of rotatable bonds is 10. The van der Waals surface area contributed by atoms with Crippen LogP contribution in [-0.2, 0) is 0 Å². The van der Waals surface area contributed by atoms with Crippen molar-refractivity contribution >= 4 is 62.6 Å². The number of aryl methyl sites for hydroxylation is 2. The molecule has 28 heteroatoms. The number of benzene rings is 6. The zero-order chi connectivity index (χ0) is 56.2. The number of esters is 2. The normalized spacial score (nSPS) is 11.4. The first-order valence-electron chi connectivity index (χ1n) is 20.3. The van der Waals surface area contributed by atoms with Crippen LogP contribution in [0.3, 0.4) is 0 Å². The van der Waals surface area contributed by atoms with Crippen LogP contribution in [-0.4, -0.2) is 18.1 Å². The lowest BCUT2D eigenvalue weighted by molar-refractivity contribution is -0.585. The van der Waals surface area contributed by atoms with Crippen molar-refractivity contribution < 1.29 is 128 Å². The number of hydrogen-bond acceptors (Lipinski definition) is 6. The Morgan fingerprint density at radius 2 is 0.539 bits per heavy atom. The van der Waals surface area contributed by atoms with Gasteiger partial charge in [0.25, 0.3) is 0 Å². The topological polar surface area (TPSA) is 52.6 Å². The largest absolute Gasteiger partial charge is 0.422 e. The summed E-state index contributed by atoms with van der Waals surface area (Å²) in [5, 5.41) is 0. The standard InChI is InChI=1S/C24BF20.C24H18IO4S2/c26-5-1(6(27)14(35)21(42)13(5)34)25(2-7(28)15(36)22(43)16(37)8(2)29,3-9(30)17(38)23(44)18(39)10(3)31)4-11(32)19(40)24(45)20(41)12(4)33;1-15-3-7-17(8-4-15)28-23(26)19-11-13-21(30-19)25-22-14-12-20(31-22)24(27)29-18-9-5-16(2)6-10-18/h;3-14H,1-2H3/q-1;+1. The number of thiophene rings is 2. The summed E-state index contributed by atoms with van der Waals surface area (Å²) in [5.74, 6) is -71.0. The molecule has 0 saturated carbocycles. The van der Waals surface area contributed by atoms with Crippen molar-refractivity contribution in [2.45, 2.75) is 13.8 Å². The maximum absolute atomic E-state index is 15.4. The van der Waals surface area contributed by atoms with Gasteiger partial charge in [-0.3, -0.25) is 0 Å². The molecule has 0 unspecified atom stereocenters. The van der Waals surface area contributed by atoms with Gasteiger partial charge >= 0.3 is 33.1 Å². The molecular formula is C48H18BF20IO4S2. The predicted octanol–water partition coefficient (Wildman–Crippen LogP) is 8.84. The molecule has 4 nitrogen and oxygen atoms in total. The lowest BCUT2D eigenvalue weighted by Crippen LogP contribution is -3.61. The third-order valence-corrected chi connectivity index (χ3v) is 16.8. The smallest absolute Gasteiger partial charge is 0.381 e. The van der Waals surface area contributed by atoms with Gasteiger partial charge in [0.1, 0.15) is 73.9 Å². The average Bonchev–Trinajstić information content (AvgIpc) is 4.08. The molecule has 76 heavy (non-hydrogen) atoms. The van der Waals surface area contributed by atoms with Crippen molar-refractivity contribution in [2.75, 3.05) is 0 Å². The van der Waals surface area contributed by atoms with E-state index >= 15 is 35.1 Å². The van der Waals surface area contributed by atoms with Crippen LogP contribution in [0.2, 0.25) is 0 Å². The molecule has 0 radical (unpaired) electrons. The summed E-state index contributed by atoms with van der Waals surface area (Å²) in [5.41, 5.74) is -12.1. The monoisotopic (exact) mass is 1240 g/mol. The van der Waals surface area contributed by atoms with Crippen molar-refractivity contribution in [2.24, 2.45) is 0 Å².